The van der Waals surface area contributed by atoms with Crippen LogP contribution in [0.3, 0.4) is 0 Å². The molecular weight excluding hydrogens is 432 g/mol. The zero-order chi connectivity index (χ0) is 22.4. The second kappa shape index (κ2) is 10.1. The van der Waals surface area contributed by atoms with Gasteiger partial charge in [0.2, 0.25) is 15.9 Å². The number of halogens is 1. The molecule has 1 amide bonds. The van der Waals surface area contributed by atoms with E-state index in [0.29, 0.717) is 10.7 Å². The van der Waals surface area contributed by atoms with Gasteiger partial charge in [-0.3, -0.25) is 4.79 Å². The van der Waals surface area contributed by atoms with Crippen LogP contribution in [0, 0.1) is 6.92 Å². The lowest BCUT2D eigenvalue weighted by atomic mass is 10.1. The van der Waals surface area contributed by atoms with E-state index < -0.39 is 15.9 Å². The number of rotatable bonds is 8. The van der Waals surface area contributed by atoms with Crippen LogP contribution in [0.25, 0.3) is 0 Å². The van der Waals surface area contributed by atoms with Crippen molar-refractivity contribution in [1.29, 1.82) is 0 Å². The van der Waals surface area contributed by atoms with Crippen molar-refractivity contribution in [2.75, 3.05) is 11.9 Å². The van der Waals surface area contributed by atoms with Gasteiger partial charge in [-0.25, -0.2) is 8.42 Å². The fraction of sp³-hybridized carbons (Fsp3) is 0.208. The quantitative estimate of drug-likeness (QED) is 0.516. The molecule has 162 valence electrons. The van der Waals surface area contributed by atoms with Gasteiger partial charge in [-0.1, -0.05) is 60.5 Å². The number of nitrogens with zero attached hydrogens (tertiary/aromatic N) is 1. The Hall–Kier alpha value is -2.67. The molecular formula is C24H25ClN2O3S. The molecule has 0 aliphatic carbocycles. The van der Waals surface area contributed by atoms with Gasteiger partial charge in [0.25, 0.3) is 0 Å². The lowest BCUT2D eigenvalue weighted by molar-refractivity contribution is -0.116. The van der Waals surface area contributed by atoms with Gasteiger partial charge < -0.3 is 5.32 Å². The van der Waals surface area contributed by atoms with Crippen LogP contribution in [-0.4, -0.2) is 25.2 Å². The van der Waals surface area contributed by atoms with Crippen molar-refractivity contribution in [2.24, 2.45) is 0 Å². The molecule has 0 unspecified atom stereocenters. The Labute approximate surface area is 188 Å². The first kappa shape index (κ1) is 23.0. The summed E-state index contributed by atoms with van der Waals surface area (Å²) >= 11 is 5.91. The predicted octanol–water partition coefficient (Wildman–Crippen LogP) is 5.04. The van der Waals surface area contributed by atoms with Gasteiger partial charge in [-0.05, 0) is 60.9 Å². The molecule has 0 saturated heterocycles. The maximum absolute atomic E-state index is 13.3. The first-order valence-electron chi connectivity index (χ1n) is 9.98. The normalized spacial score (nSPS) is 11.5. The molecule has 0 spiro atoms. The van der Waals surface area contributed by atoms with Crippen LogP contribution >= 0.6 is 11.6 Å². The van der Waals surface area contributed by atoms with Gasteiger partial charge in [0.1, 0.15) is 0 Å². The minimum atomic E-state index is -3.91. The number of nitrogens with one attached hydrogen (secondary N) is 1. The van der Waals surface area contributed by atoms with E-state index in [1.165, 1.54) is 28.6 Å². The molecule has 3 aromatic carbocycles. The van der Waals surface area contributed by atoms with Crippen molar-refractivity contribution in [1.82, 2.24) is 4.31 Å². The summed E-state index contributed by atoms with van der Waals surface area (Å²) in [4.78, 5) is 12.8. The smallest absolute Gasteiger partial charge is 0.243 e. The third-order valence-electron chi connectivity index (χ3n) is 4.90. The van der Waals surface area contributed by atoms with E-state index >= 15 is 0 Å². The molecule has 0 atom stereocenters. The van der Waals surface area contributed by atoms with Gasteiger partial charge >= 0.3 is 0 Å². The number of hydrogen-bond acceptors (Lipinski definition) is 3. The average molecular weight is 457 g/mol. The minimum absolute atomic E-state index is 0.0768. The van der Waals surface area contributed by atoms with Crippen LogP contribution in [0.4, 0.5) is 5.69 Å². The van der Waals surface area contributed by atoms with Gasteiger partial charge in [-0.15, -0.1) is 0 Å². The summed E-state index contributed by atoms with van der Waals surface area (Å²) in [6, 6.07) is 21.0. The van der Waals surface area contributed by atoms with E-state index in [4.69, 9.17) is 11.6 Å². The monoisotopic (exact) mass is 456 g/mol. The number of hydrogen-bond donors (Lipinski definition) is 1. The van der Waals surface area contributed by atoms with Crippen molar-refractivity contribution >= 4 is 33.2 Å². The third kappa shape index (κ3) is 6.17. The van der Waals surface area contributed by atoms with Crippen LogP contribution in [0.15, 0.2) is 77.7 Å². The van der Waals surface area contributed by atoms with Gasteiger partial charge in [-0.2, -0.15) is 4.31 Å². The van der Waals surface area contributed by atoms with Crippen molar-refractivity contribution in [3.8, 4) is 0 Å². The molecule has 0 bridgehead atoms. The highest BCUT2D eigenvalue weighted by atomic mass is 35.5. The molecule has 7 heteroatoms. The lowest BCUT2D eigenvalue weighted by Gasteiger charge is -2.22. The van der Waals surface area contributed by atoms with E-state index in [1.807, 2.05) is 55.5 Å². The summed E-state index contributed by atoms with van der Waals surface area (Å²) in [7, 11) is -3.91. The van der Waals surface area contributed by atoms with Gasteiger partial charge in [0, 0.05) is 17.3 Å². The number of carbonyl (C=O) groups excluding carboxylic acids is 1. The molecule has 0 heterocycles. The minimum Gasteiger partial charge on any atom is -0.325 e. The van der Waals surface area contributed by atoms with Crippen molar-refractivity contribution < 1.29 is 13.2 Å². The second-order valence-electron chi connectivity index (χ2n) is 7.31. The number of anilines is 1. The zero-order valence-electron chi connectivity index (χ0n) is 17.5. The molecule has 0 aliphatic heterocycles. The summed E-state index contributed by atoms with van der Waals surface area (Å²) < 4.78 is 27.8. The first-order valence-corrected chi connectivity index (χ1v) is 11.8. The van der Waals surface area contributed by atoms with E-state index in [1.54, 1.807) is 0 Å². The molecule has 0 fully saturated rings. The Kier molecular flexibility index (Phi) is 7.49. The highest BCUT2D eigenvalue weighted by molar-refractivity contribution is 7.89. The lowest BCUT2D eigenvalue weighted by Crippen LogP contribution is -2.37. The first-order chi connectivity index (χ1) is 14.8. The van der Waals surface area contributed by atoms with Crippen LogP contribution < -0.4 is 5.32 Å². The highest BCUT2D eigenvalue weighted by Crippen LogP contribution is 2.21. The largest absolute Gasteiger partial charge is 0.325 e. The Morgan fingerprint density at radius 2 is 1.48 bits per heavy atom. The van der Waals surface area contributed by atoms with Crippen LogP contribution in [0.5, 0.6) is 0 Å². The number of benzene rings is 3. The van der Waals surface area contributed by atoms with E-state index in [0.717, 1.165) is 23.1 Å². The van der Waals surface area contributed by atoms with E-state index in [2.05, 4.69) is 12.2 Å². The number of sulfonamides is 1. The molecule has 3 aromatic rings. The number of carbonyl (C=O) groups is 1. The molecule has 0 aliphatic rings. The molecule has 0 aromatic heterocycles. The standard InChI is InChI=1S/C24H25ClN2O3S/c1-3-19-8-12-22(13-9-19)26-24(28)17-27(16-20-6-4-18(2)5-7-20)31(29,30)23-14-10-21(25)11-15-23/h4-15H,3,16-17H2,1-2H3,(H,26,28). The summed E-state index contributed by atoms with van der Waals surface area (Å²) in [5.74, 6) is -0.408. The second-order valence-corrected chi connectivity index (χ2v) is 9.69. The maximum atomic E-state index is 13.3. The molecule has 5 nitrogen and oxygen atoms in total. The molecule has 1 N–H and O–H groups in total. The highest BCUT2D eigenvalue weighted by Gasteiger charge is 2.27. The summed E-state index contributed by atoms with van der Waals surface area (Å²) in [5, 5.41) is 3.23. The SMILES string of the molecule is CCc1ccc(NC(=O)CN(Cc2ccc(C)cc2)S(=O)(=O)c2ccc(Cl)cc2)cc1. The topological polar surface area (TPSA) is 66.5 Å². The Balaban J connectivity index is 1.84. The van der Waals surface area contributed by atoms with Crippen molar-refractivity contribution in [3.63, 3.8) is 0 Å². The molecule has 31 heavy (non-hydrogen) atoms. The fourth-order valence-corrected chi connectivity index (χ4v) is 4.57. The molecule has 0 radical (unpaired) electrons. The van der Waals surface area contributed by atoms with Crippen LogP contribution in [0.2, 0.25) is 5.02 Å². The average Bonchev–Trinajstić information content (AvgIpc) is 2.75. The molecule has 0 saturated carbocycles. The molecule has 3 rings (SSSR count). The zero-order valence-corrected chi connectivity index (χ0v) is 19.1. The Morgan fingerprint density at radius 1 is 0.903 bits per heavy atom. The summed E-state index contributed by atoms with van der Waals surface area (Å²) in [6.45, 7) is 3.78. The summed E-state index contributed by atoms with van der Waals surface area (Å²) in [5.41, 5.74) is 3.65. The Bertz CT molecular complexity index is 1130. The van der Waals surface area contributed by atoms with Crippen LogP contribution in [-0.2, 0) is 27.8 Å². The van der Waals surface area contributed by atoms with Crippen molar-refractivity contribution in [2.45, 2.75) is 31.7 Å². The number of aryl methyl sites for hydroxylation is 2. The number of amides is 1. The van der Waals surface area contributed by atoms with E-state index in [9.17, 15) is 13.2 Å². The van der Waals surface area contributed by atoms with Crippen molar-refractivity contribution in [3.05, 3.63) is 94.5 Å². The third-order valence-corrected chi connectivity index (χ3v) is 6.95. The Morgan fingerprint density at radius 3 is 2.06 bits per heavy atom. The van der Waals surface area contributed by atoms with Crippen LogP contribution in [0.1, 0.15) is 23.6 Å². The predicted molar refractivity (Wildman–Crippen MR) is 125 cm³/mol. The van der Waals surface area contributed by atoms with Gasteiger partial charge in [0.05, 0.1) is 11.4 Å². The summed E-state index contributed by atoms with van der Waals surface area (Å²) in [6.07, 6.45) is 0.901. The van der Waals surface area contributed by atoms with E-state index in [-0.39, 0.29) is 18.0 Å². The fourth-order valence-electron chi connectivity index (χ4n) is 3.06. The van der Waals surface area contributed by atoms with Gasteiger partial charge in [0.15, 0.2) is 0 Å². The maximum Gasteiger partial charge on any atom is 0.243 e.